The normalized spacial score (nSPS) is 27.3. The summed E-state index contributed by atoms with van der Waals surface area (Å²) in [6, 6.07) is 5.11. The minimum Gasteiger partial charge on any atom is -0.490 e. The predicted molar refractivity (Wildman–Crippen MR) is 123 cm³/mol. The zero-order valence-electron chi connectivity index (χ0n) is 20.5. The van der Waals surface area contributed by atoms with Crippen LogP contribution in [0.4, 0.5) is 4.79 Å². The lowest BCUT2D eigenvalue weighted by Gasteiger charge is -2.36. The molecule has 1 aromatic carbocycles. The second kappa shape index (κ2) is 9.44. The van der Waals surface area contributed by atoms with Crippen LogP contribution in [0.15, 0.2) is 18.2 Å². The maximum atomic E-state index is 12.2. The molecule has 3 aliphatic rings. The van der Waals surface area contributed by atoms with E-state index in [0.29, 0.717) is 29.5 Å². The van der Waals surface area contributed by atoms with Gasteiger partial charge in [-0.3, -0.25) is 0 Å². The quantitative estimate of drug-likeness (QED) is 0.475. The Kier molecular flexibility index (Phi) is 6.75. The van der Waals surface area contributed by atoms with E-state index in [4.69, 9.17) is 18.9 Å². The number of amides is 1. The van der Waals surface area contributed by atoms with Crippen molar-refractivity contribution in [2.45, 2.75) is 51.4 Å². The zero-order chi connectivity index (χ0) is 24.6. The van der Waals surface area contributed by atoms with Gasteiger partial charge in [-0.05, 0) is 76.1 Å². The highest BCUT2D eigenvalue weighted by Crippen LogP contribution is 2.51. The van der Waals surface area contributed by atoms with E-state index in [-0.39, 0.29) is 23.3 Å². The molecule has 4 rings (SSSR count). The van der Waals surface area contributed by atoms with E-state index < -0.39 is 17.5 Å². The lowest BCUT2D eigenvalue weighted by Crippen LogP contribution is -2.48. The van der Waals surface area contributed by atoms with Gasteiger partial charge >= 0.3 is 18.0 Å². The highest BCUT2D eigenvalue weighted by molar-refractivity contribution is 6.03. The van der Waals surface area contributed by atoms with E-state index >= 15 is 0 Å². The first-order valence-corrected chi connectivity index (χ1v) is 11.8. The first-order chi connectivity index (χ1) is 16.1. The van der Waals surface area contributed by atoms with E-state index in [1.165, 1.54) is 26.4 Å². The SMILES string of the molecule is COC(=O)c1ccc(OC2CC(NCC3C4CN(C(=O)OC(C)(C)C)C[C@H]34)C2)cc1C(=O)OC. The summed E-state index contributed by atoms with van der Waals surface area (Å²) in [5, 5.41) is 3.63. The highest BCUT2D eigenvalue weighted by Gasteiger charge is 2.56. The molecule has 1 aromatic rings. The Balaban J connectivity index is 1.19. The third-order valence-electron chi connectivity index (χ3n) is 6.86. The smallest absolute Gasteiger partial charge is 0.410 e. The van der Waals surface area contributed by atoms with Crippen LogP contribution in [0.25, 0.3) is 0 Å². The summed E-state index contributed by atoms with van der Waals surface area (Å²) in [4.78, 5) is 38.0. The van der Waals surface area contributed by atoms with Crippen LogP contribution in [0.3, 0.4) is 0 Å². The minimum absolute atomic E-state index is 0.0494. The lowest BCUT2D eigenvalue weighted by atomic mass is 9.89. The molecular formula is C25H34N2O7. The molecule has 3 fully saturated rings. The molecule has 9 nitrogen and oxygen atoms in total. The van der Waals surface area contributed by atoms with Crippen molar-refractivity contribution in [1.82, 2.24) is 10.2 Å². The maximum absolute atomic E-state index is 12.2. The van der Waals surface area contributed by atoms with Crippen molar-refractivity contribution in [2.75, 3.05) is 33.9 Å². The van der Waals surface area contributed by atoms with Gasteiger partial charge in [0.15, 0.2) is 0 Å². The molecule has 0 bridgehead atoms. The van der Waals surface area contributed by atoms with Crippen LogP contribution in [-0.2, 0) is 14.2 Å². The molecule has 0 spiro atoms. The van der Waals surface area contributed by atoms with Gasteiger partial charge in [0.1, 0.15) is 17.5 Å². The number of carbonyl (C=O) groups excluding carboxylic acids is 3. The number of hydrogen-bond donors (Lipinski definition) is 1. The number of fused-ring (bicyclic) bond motifs is 1. The number of ether oxygens (including phenoxy) is 4. The number of hydrogen-bond acceptors (Lipinski definition) is 8. The number of nitrogens with zero attached hydrogens (tertiary/aromatic N) is 1. The molecule has 3 atom stereocenters. The van der Waals surface area contributed by atoms with Crippen LogP contribution in [0, 0.1) is 17.8 Å². The third kappa shape index (κ3) is 5.29. The summed E-state index contributed by atoms with van der Waals surface area (Å²) in [5.41, 5.74) is -0.186. The molecule has 34 heavy (non-hydrogen) atoms. The molecule has 186 valence electrons. The Morgan fingerprint density at radius 3 is 2.21 bits per heavy atom. The number of piperidine rings is 1. The fraction of sp³-hybridized carbons (Fsp3) is 0.640. The van der Waals surface area contributed by atoms with Crippen LogP contribution >= 0.6 is 0 Å². The Bertz CT molecular complexity index is 939. The molecule has 1 amide bonds. The number of methoxy groups -OCH3 is 2. The van der Waals surface area contributed by atoms with Crippen molar-refractivity contribution in [1.29, 1.82) is 0 Å². The molecule has 0 radical (unpaired) electrons. The van der Waals surface area contributed by atoms with Crippen LogP contribution in [0.1, 0.15) is 54.3 Å². The van der Waals surface area contributed by atoms with Gasteiger partial charge in [0.05, 0.1) is 25.3 Å². The second-order valence-corrected chi connectivity index (χ2v) is 10.4. The molecule has 1 aliphatic heterocycles. The van der Waals surface area contributed by atoms with Crippen LogP contribution < -0.4 is 10.1 Å². The monoisotopic (exact) mass is 474 g/mol. The third-order valence-corrected chi connectivity index (χ3v) is 6.86. The molecule has 1 heterocycles. The largest absolute Gasteiger partial charge is 0.490 e. The molecule has 2 saturated carbocycles. The van der Waals surface area contributed by atoms with E-state index in [0.717, 1.165) is 32.5 Å². The van der Waals surface area contributed by atoms with Crippen molar-refractivity contribution < 1.29 is 33.3 Å². The number of rotatable bonds is 7. The standard InChI is InChI=1S/C25H34N2O7/c1-25(2,3)34-24(30)27-12-20-19(21(20)13-27)11-26-14-8-16(9-14)33-15-6-7-17(22(28)31-4)18(10-15)23(29)32-5/h6-7,10,14,16,19-21,26H,8-9,11-13H2,1-5H3/t14?,16?,19?,20-,21?/m1/s1. The van der Waals surface area contributed by atoms with Gasteiger partial charge in [-0.1, -0.05) is 0 Å². The van der Waals surface area contributed by atoms with E-state index in [9.17, 15) is 14.4 Å². The summed E-state index contributed by atoms with van der Waals surface area (Å²) < 4.78 is 21.0. The summed E-state index contributed by atoms with van der Waals surface area (Å²) in [6.07, 6.45) is 1.59. The van der Waals surface area contributed by atoms with Gasteiger partial charge in [0, 0.05) is 19.1 Å². The summed E-state index contributed by atoms with van der Waals surface area (Å²) in [6.45, 7) is 8.19. The predicted octanol–water partition coefficient (Wildman–Crippen LogP) is 2.87. The number of esters is 2. The van der Waals surface area contributed by atoms with Crippen LogP contribution in [-0.4, -0.2) is 74.5 Å². The van der Waals surface area contributed by atoms with Crippen molar-refractivity contribution in [3.63, 3.8) is 0 Å². The fourth-order valence-electron chi connectivity index (χ4n) is 4.91. The van der Waals surface area contributed by atoms with Crippen molar-refractivity contribution in [3.05, 3.63) is 29.3 Å². The molecule has 1 saturated heterocycles. The van der Waals surface area contributed by atoms with Crippen molar-refractivity contribution in [2.24, 2.45) is 17.8 Å². The maximum Gasteiger partial charge on any atom is 0.410 e. The molecular weight excluding hydrogens is 440 g/mol. The zero-order valence-corrected chi connectivity index (χ0v) is 20.5. The molecule has 2 aliphatic carbocycles. The number of nitrogens with one attached hydrogen (secondary N) is 1. The highest BCUT2D eigenvalue weighted by atomic mass is 16.6. The average Bonchev–Trinajstić information content (AvgIpc) is 3.20. The fourth-order valence-corrected chi connectivity index (χ4v) is 4.91. The van der Waals surface area contributed by atoms with Gasteiger partial charge in [0.2, 0.25) is 0 Å². The van der Waals surface area contributed by atoms with Gasteiger partial charge in [0.25, 0.3) is 0 Å². The first-order valence-electron chi connectivity index (χ1n) is 11.8. The Morgan fingerprint density at radius 1 is 1.00 bits per heavy atom. The van der Waals surface area contributed by atoms with Crippen molar-refractivity contribution in [3.8, 4) is 5.75 Å². The minimum atomic E-state index is -0.612. The molecule has 0 aromatic heterocycles. The number of carbonyl (C=O) groups is 3. The summed E-state index contributed by atoms with van der Waals surface area (Å²) >= 11 is 0. The second-order valence-electron chi connectivity index (χ2n) is 10.4. The average molecular weight is 475 g/mol. The Hall–Kier alpha value is -2.81. The molecule has 9 heteroatoms. The van der Waals surface area contributed by atoms with E-state index in [1.54, 1.807) is 6.07 Å². The van der Waals surface area contributed by atoms with Gasteiger partial charge < -0.3 is 29.2 Å². The first kappa shape index (κ1) is 24.3. The van der Waals surface area contributed by atoms with Crippen LogP contribution in [0.2, 0.25) is 0 Å². The summed E-state index contributed by atoms with van der Waals surface area (Å²) in [7, 11) is 2.53. The molecule has 1 N–H and O–H groups in total. The topological polar surface area (TPSA) is 103 Å². The van der Waals surface area contributed by atoms with E-state index in [2.05, 4.69) is 5.32 Å². The van der Waals surface area contributed by atoms with E-state index in [1.807, 2.05) is 25.7 Å². The lowest BCUT2D eigenvalue weighted by molar-refractivity contribution is 0.0263. The Labute approximate surface area is 200 Å². The van der Waals surface area contributed by atoms with Gasteiger partial charge in [-0.25, -0.2) is 14.4 Å². The van der Waals surface area contributed by atoms with Gasteiger partial charge in [-0.15, -0.1) is 0 Å². The van der Waals surface area contributed by atoms with Crippen molar-refractivity contribution >= 4 is 18.0 Å². The van der Waals surface area contributed by atoms with Gasteiger partial charge in [-0.2, -0.15) is 0 Å². The van der Waals surface area contributed by atoms with Crippen LogP contribution in [0.5, 0.6) is 5.75 Å². The summed E-state index contributed by atoms with van der Waals surface area (Å²) in [5.74, 6) is 1.06. The molecule has 2 unspecified atom stereocenters. The number of likely N-dealkylation sites (tertiary alicyclic amines) is 1. The Morgan fingerprint density at radius 2 is 1.62 bits per heavy atom. The number of benzene rings is 1.